The number of aryl methyl sites for hydroxylation is 1. The van der Waals surface area contributed by atoms with Crippen molar-refractivity contribution in [3.63, 3.8) is 0 Å². The smallest absolute Gasteiger partial charge is 0.409 e. The first-order valence-corrected chi connectivity index (χ1v) is 11.3. The maximum Gasteiger partial charge on any atom is 0.525 e. The number of rotatable bonds is 9. The Kier molecular flexibility index (Phi) is 8.90. The molecule has 3 aromatic rings. The van der Waals surface area contributed by atoms with E-state index in [1.165, 1.54) is 37.4 Å². The molecule has 0 bridgehead atoms. The molecule has 0 aliphatic heterocycles. The number of carbonyl (C=O) groups excluding carboxylic acids is 2. The van der Waals surface area contributed by atoms with Crippen LogP contribution in [-0.4, -0.2) is 52.0 Å². The number of nitrogens with one attached hydrogen (secondary N) is 2. The lowest BCUT2D eigenvalue weighted by Crippen LogP contribution is -2.41. The molecule has 0 spiro atoms. The lowest BCUT2D eigenvalue weighted by Gasteiger charge is -2.20. The van der Waals surface area contributed by atoms with Gasteiger partial charge in [-0.15, -0.1) is 18.3 Å². The summed E-state index contributed by atoms with van der Waals surface area (Å²) in [5.74, 6) is -3.25. The van der Waals surface area contributed by atoms with Gasteiger partial charge in [-0.05, 0) is 43.7 Å². The van der Waals surface area contributed by atoms with Crippen LogP contribution in [0.4, 0.5) is 32.0 Å². The van der Waals surface area contributed by atoms with Crippen molar-refractivity contribution in [3.8, 4) is 17.8 Å². The third-order valence-electron chi connectivity index (χ3n) is 4.89. The first-order valence-electron chi connectivity index (χ1n) is 11.0. The van der Waals surface area contributed by atoms with E-state index in [4.69, 9.17) is 11.6 Å². The van der Waals surface area contributed by atoms with Gasteiger partial charge in [0.15, 0.2) is 5.82 Å². The highest BCUT2D eigenvalue weighted by molar-refractivity contribution is 6.32. The summed E-state index contributed by atoms with van der Waals surface area (Å²) < 4.78 is 85.7. The van der Waals surface area contributed by atoms with Crippen LogP contribution < -0.4 is 15.4 Å². The Labute approximate surface area is 226 Å². The number of hydrogen-bond acceptors (Lipinski definition) is 7. The molecule has 40 heavy (non-hydrogen) atoms. The number of halogens is 7. The van der Waals surface area contributed by atoms with Gasteiger partial charge in [0.1, 0.15) is 5.69 Å². The van der Waals surface area contributed by atoms with Crippen LogP contribution in [0.15, 0.2) is 36.5 Å². The molecule has 0 fully saturated rings. The van der Waals surface area contributed by atoms with Crippen molar-refractivity contribution in [2.45, 2.75) is 32.7 Å². The summed E-state index contributed by atoms with van der Waals surface area (Å²) in [6.45, 7) is 3.31. The second-order valence-corrected chi connectivity index (χ2v) is 8.18. The number of benzene rings is 1. The highest BCUT2D eigenvalue weighted by Crippen LogP contribution is 2.33. The van der Waals surface area contributed by atoms with Crippen molar-refractivity contribution >= 4 is 29.1 Å². The normalized spacial score (nSPS) is 12.4. The predicted octanol–water partition coefficient (Wildman–Crippen LogP) is 4.91. The number of amides is 2. The zero-order chi connectivity index (χ0) is 29.8. The first kappa shape index (κ1) is 30.2. The Balaban J connectivity index is 2.07. The van der Waals surface area contributed by atoms with Gasteiger partial charge in [0, 0.05) is 18.8 Å². The summed E-state index contributed by atoms with van der Waals surface area (Å²) >= 11 is 6.09. The minimum atomic E-state index is -5.75. The highest BCUT2D eigenvalue weighted by Gasteiger charge is 2.51. The van der Waals surface area contributed by atoms with Crippen LogP contribution in [0.2, 0.25) is 5.02 Å². The second kappa shape index (κ2) is 11.8. The van der Waals surface area contributed by atoms with Gasteiger partial charge in [-0.25, -0.2) is 18.8 Å². The van der Waals surface area contributed by atoms with Crippen molar-refractivity contribution in [2.75, 3.05) is 11.9 Å². The SMILES string of the molecule is CCNC(=O)c1cc(C#N)cc(C)c1NC(=O)c1cc(OC(F)(F)C(F)OC(F)(F)F)nn1-c1ncccc1Cl. The van der Waals surface area contributed by atoms with Crippen molar-refractivity contribution in [1.29, 1.82) is 5.26 Å². The first-order chi connectivity index (χ1) is 18.7. The molecule has 2 N–H and O–H groups in total. The Morgan fingerprint density at radius 2 is 1.90 bits per heavy atom. The van der Waals surface area contributed by atoms with Crippen molar-refractivity contribution in [3.05, 3.63) is 63.9 Å². The highest BCUT2D eigenvalue weighted by atomic mass is 35.5. The van der Waals surface area contributed by atoms with Crippen LogP contribution in [0, 0.1) is 18.3 Å². The van der Waals surface area contributed by atoms with E-state index in [1.807, 2.05) is 6.07 Å². The molecule has 10 nitrogen and oxygen atoms in total. The van der Waals surface area contributed by atoms with E-state index in [1.54, 1.807) is 6.92 Å². The average molecular weight is 591 g/mol. The maximum atomic E-state index is 14.1. The van der Waals surface area contributed by atoms with E-state index in [9.17, 15) is 41.2 Å². The van der Waals surface area contributed by atoms with Gasteiger partial charge in [-0.2, -0.15) is 14.0 Å². The lowest BCUT2D eigenvalue weighted by molar-refractivity contribution is -0.411. The van der Waals surface area contributed by atoms with Gasteiger partial charge < -0.3 is 15.4 Å². The molecule has 2 amide bonds. The average Bonchev–Trinajstić information content (AvgIpc) is 3.27. The van der Waals surface area contributed by atoms with Crippen LogP contribution in [0.5, 0.6) is 5.88 Å². The zero-order valence-electron chi connectivity index (χ0n) is 20.3. The van der Waals surface area contributed by atoms with E-state index in [0.29, 0.717) is 10.7 Å². The summed E-state index contributed by atoms with van der Waals surface area (Å²) in [6.07, 6.45) is -14.0. The molecule has 0 aliphatic rings. The minimum Gasteiger partial charge on any atom is -0.409 e. The summed E-state index contributed by atoms with van der Waals surface area (Å²) in [4.78, 5) is 29.8. The quantitative estimate of drug-likeness (QED) is 0.339. The van der Waals surface area contributed by atoms with Crippen LogP contribution in [-0.2, 0) is 4.74 Å². The molecular weight excluding hydrogens is 574 g/mol. The molecule has 0 aliphatic carbocycles. The zero-order valence-corrected chi connectivity index (χ0v) is 21.1. The molecule has 3 rings (SSSR count). The number of hydrogen-bond donors (Lipinski definition) is 2. The third-order valence-corrected chi connectivity index (χ3v) is 5.18. The van der Waals surface area contributed by atoms with Gasteiger partial charge in [-0.3, -0.25) is 9.59 Å². The largest absolute Gasteiger partial charge is 0.525 e. The number of ether oxygens (including phenoxy) is 2. The van der Waals surface area contributed by atoms with Crippen molar-refractivity contribution < 1.29 is 45.4 Å². The maximum absolute atomic E-state index is 14.1. The standard InChI is InChI=1S/C23H17ClF6N6O4/c1-3-32-19(37)13-8-12(10-31)7-11(2)17(13)34-20(38)15-9-16(35-36(15)18-14(24)5-4-6-33-18)39-22(26,27)21(25)40-23(28,29)30/h4-9,21H,3H2,1-2H3,(H,32,37)(H,34,38). The Hall–Kier alpha value is -4.36. The molecule has 1 aromatic carbocycles. The van der Waals surface area contributed by atoms with Crippen molar-refractivity contribution in [1.82, 2.24) is 20.1 Å². The van der Waals surface area contributed by atoms with Gasteiger partial charge >= 0.3 is 18.8 Å². The van der Waals surface area contributed by atoms with E-state index in [0.717, 1.165) is 0 Å². The summed E-state index contributed by atoms with van der Waals surface area (Å²) in [5.41, 5.74) is -0.416. The van der Waals surface area contributed by atoms with Crippen LogP contribution in [0.1, 0.15) is 38.9 Å². The van der Waals surface area contributed by atoms with E-state index in [-0.39, 0.29) is 39.8 Å². The molecule has 1 atom stereocenters. The second-order valence-electron chi connectivity index (χ2n) is 7.77. The monoisotopic (exact) mass is 590 g/mol. The van der Waals surface area contributed by atoms with Gasteiger partial charge in [0.25, 0.3) is 11.8 Å². The number of alkyl halides is 6. The molecule has 0 radical (unpaired) electrons. The third kappa shape index (κ3) is 6.98. The minimum absolute atomic E-state index is 0.0648. The Morgan fingerprint density at radius 3 is 2.50 bits per heavy atom. The number of aromatic nitrogens is 3. The van der Waals surface area contributed by atoms with Crippen molar-refractivity contribution in [2.24, 2.45) is 0 Å². The fourth-order valence-electron chi connectivity index (χ4n) is 3.27. The van der Waals surface area contributed by atoms with Crippen LogP contribution >= 0.6 is 11.6 Å². The Morgan fingerprint density at radius 1 is 1.20 bits per heavy atom. The fourth-order valence-corrected chi connectivity index (χ4v) is 3.47. The fraction of sp³-hybridized carbons (Fsp3) is 0.261. The number of nitriles is 1. The molecule has 0 saturated carbocycles. The van der Waals surface area contributed by atoms with E-state index in [2.05, 4.69) is 30.2 Å². The van der Waals surface area contributed by atoms with Crippen LogP contribution in [0.3, 0.4) is 0 Å². The number of carbonyl (C=O) groups is 2. The topological polar surface area (TPSA) is 131 Å². The Bertz CT molecular complexity index is 1470. The lowest BCUT2D eigenvalue weighted by atomic mass is 10.0. The van der Waals surface area contributed by atoms with E-state index >= 15 is 0 Å². The molecule has 2 aromatic heterocycles. The predicted molar refractivity (Wildman–Crippen MR) is 126 cm³/mol. The molecule has 212 valence electrons. The molecule has 1 unspecified atom stereocenters. The molecule has 0 saturated heterocycles. The van der Waals surface area contributed by atoms with Gasteiger partial charge in [0.05, 0.1) is 27.9 Å². The molecule has 17 heteroatoms. The van der Waals surface area contributed by atoms with Crippen LogP contribution in [0.25, 0.3) is 5.82 Å². The number of pyridine rings is 1. The van der Waals surface area contributed by atoms with Gasteiger partial charge in [0.2, 0.25) is 5.88 Å². The molecular formula is C23H17ClF6N6O4. The summed E-state index contributed by atoms with van der Waals surface area (Å²) in [5, 5.41) is 17.6. The summed E-state index contributed by atoms with van der Waals surface area (Å²) in [6, 6.07) is 7.69. The van der Waals surface area contributed by atoms with Gasteiger partial charge in [-0.1, -0.05) is 11.6 Å². The number of anilines is 1. The van der Waals surface area contributed by atoms with E-state index < -0.39 is 42.2 Å². The number of nitrogens with zero attached hydrogens (tertiary/aromatic N) is 4. The summed E-state index contributed by atoms with van der Waals surface area (Å²) in [7, 11) is 0. The molecule has 2 heterocycles.